The molecule has 0 saturated heterocycles. The molecule has 0 heterocycles. The van der Waals surface area contributed by atoms with E-state index in [1.807, 2.05) is 6.07 Å². The van der Waals surface area contributed by atoms with E-state index in [1.165, 1.54) is 43.2 Å². The van der Waals surface area contributed by atoms with Crippen LogP contribution in [-0.4, -0.2) is 6.61 Å². The van der Waals surface area contributed by atoms with E-state index in [2.05, 4.69) is 26.8 Å². The van der Waals surface area contributed by atoms with Crippen molar-refractivity contribution in [1.82, 2.24) is 0 Å². The minimum absolute atomic E-state index is 0.292. The standard InChI is InChI=1S/C19H27ClO/c1-19(2,3)16-7-5-4-6-15-14(16)10-11-17(20)18(15)21-12-13-8-9-13/h10-11,13,16H,4-9,12H2,1-3H3/t16-/m1/s1. The average molecular weight is 307 g/mol. The van der Waals surface area contributed by atoms with E-state index in [9.17, 15) is 0 Å². The molecule has 1 aromatic carbocycles. The molecule has 21 heavy (non-hydrogen) atoms. The summed E-state index contributed by atoms with van der Waals surface area (Å²) in [5.41, 5.74) is 3.16. The first kappa shape index (κ1) is 15.2. The molecular weight excluding hydrogens is 280 g/mol. The predicted molar refractivity (Wildman–Crippen MR) is 89.4 cm³/mol. The zero-order valence-corrected chi connectivity index (χ0v) is 14.3. The molecule has 1 aromatic rings. The van der Waals surface area contributed by atoms with Crippen molar-refractivity contribution in [3.05, 3.63) is 28.3 Å². The van der Waals surface area contributed by atoms with Crippen molar-refractivity contribution >= 4 is 11.6 Å². The zero-order valence-electron chi connectivity index (χ0n) is 13.5. The fourth-order valence-electron chi connectivity index (χ4n) is 3.55. The molecule has 2 heteroatoms. The molecule has 0 amide bonds. The molecule has 1 fully saturated rings. The van der Waals surface area contributed by atoms with Crippen LogP contribution in [0.4, 0.5) is 0 Å². The van der Waals surface area contributed by atoms with Crippen LogP contribution in [0.3, 0.4) is 0 Å². The molecule has 0 spiro atoms. The number of halogens is 1. The monoisotopic (exact) mass is 306 g/mol. The lowest BCUT2D eigenvalue weighted by Crippen LogP contribution is -2.19. The van der Waals surface area contributed by atoms with Crippen molar-refractivity contribution in [2.45, 2.75) is 65.2 Å². The summed E-state index contributed by atoms with van der Waals surface area (Å²) in [5, 5.41) is 0.795. The van der Waals surface area contributed by atoms with Crippen LogP contribution in [0.5, 0.6) is 5.75 Å². The van der Waals surface area contributed by atoms with E-state index in [0.29, 0.717) is 11.3 Å². The molecule has 116 valence electrons. The van der Waals surface area contributed by atoms with E-state index < -0.39 is 0 Å². The molecule has 0 aromatic heterocycles. The van der Waals surface area contributed by atoms with Crippen molar-refractivity contribution in [2.75, 3.05) is 6.61 Å². The molecular formula is C19H27ClO. The first-order valence-electron chi connectivity index (χ1n) is 8.41. The fraction of sp³-hybridized carbons (Fsp3) is 0.684. The number of benzene rings is 1. The third-order valence-corrected chi connectivity index (χ3v) is 5.30. The van der Waals surface area contributed by atoms with Gasteiger partial charge in [-0.15, -0.1) is 0 Å². The van der Waals surface area contributed by atoms with E-state index in [4.69, 9.17) is 16.3 Å². The Hall–Kier alpha value is -0.690. The molecule has 3 rings (SSSR count). The molecule has 0 radical (unpaired) electrons. The Morgan fingerprint density at radius 2 is 1.90 bits per heavy atom. The molecule has 0 aliphatic heterocycles. The quantitative estimate of drug-likeness (QED) is 0.624. The molecule has 1 atom stereocenters. The predicted octanol–water partition coefficient (Wildman–Crippen LogP) is 5.98. The molecule has 2 aliphatic carbocycles. The third-order valence-electron chi connectivity index (χ3n) is 5.00. The summed E-state index contributed by atoms with van der Waals surface area (Å²) in [5.74, 6) is 2.36. The van der Waals surface area contributed by atoms with Crippen molar-refractivity contribution in [1.29, 1.82) is 0 Å². The van der Waals surface area contributed by atoms with E-state index >= 15 is 0 Å². The highest BCUT2D eigenvalue weighted by Crippen LogP contribution is 2.46. The maximum absolute atomic E-state index is 6.46. The number of hydrogen-bond acceptors (Lipinski definition) is 1. The Labute approximate surface area is 134 Å². The average Bonchev–Trinajstić information content (AvgIpc) is 3.21. The Balaban J connectivity index is 1.97. The highest BCUT2D eigenvalue weighted by atomic mass is 35.5. The van der Waals surface area contributed by atoms with Crippen LogP contribution in [0.15, 0.2) is 12.1 Å². The first-order valence-corrected chi connectivity index (χ1v) is 8.78. The first-order chi connectivity index (χ1) is 9.97. The Kier molecular flexibility index (Phi) is 4.23. The number of ether oxygens (including phenoxy) is 1. The number of hydrogen-bond donors (Lipinski definition) is 0. The highest BCUT2D eigenvalue weighted by molar-refractivity contribution is 6.32. The Morgan fingerprint density at radius 1 is 1.14 bits per heavy atom. The van der Waals surface area contributed by atoms with E-state index in [-0.39, 0.29) is 0 Å². The third kappa shape index (κ3) is 3.39. The van der Waals surface area contributed by atoms with Crippen LogP contribution in [0.2, 0.25) is 5.02 Å². The van der Waals surface area contributed by atoms with Gasteiger partial charge in [-0.05, 0) is 66.5 Å². The molecule has 0 bridgehead atoms. The SMILES string of the molecule is CC(C)(C)[C@@H]1CCCCc2c1ccc(Cl)c2OCC1CC1. The maximum atomic E-state index is 6.46. The smallest absolute Gasteiger partial charge is 0.141 e. The summed E-state index contributed by atoms with van der Waals surface area (Å²) in [4.78, 5) is 0. The zero-order chi connectivity index (χ0) is 15.0. The van der Waals surface area contributed by atoms with Gasteiger partial charge in [0.2, 0.25) is 0 Å². The second-order valence-corrected chi connectivity index (χ2v) is 8.27. The molecule has 1 nitrogen and oxygen atoms in total. The van der Waals surface area contributed by atoms with E-state index in [1.54, 1.807) is 0 Å². The number of fused-ring (bicyclic) bond motifs is 1. The second kappa shape index (κ2) is 5.83. The van der Waals surface area contributed by atoms with Crippen molar-refractivity contribution in [3.63, 3.8) is 0 Å². The van der Waals surface area contributed by atoms with Gasteiger partial charge < -0.3 is 4.74 Å². The maximum Gasteiger partial charge on any atom is 0.141 e. The van der Waals surface area contributed by atoms with Gasteiger partial charge in [0.05, 0.1) is 11.6 Å². The second-order valence-electron chi connectivity index (χ2n) is 7.86. The lowest BCUT2D eigenvalue weighted by molar-refractivity contribution is 0.291. The van der Waals surface area contributed by atoms with Gasteiger partial charge in [0.25, 0.3) is 0 Å². The van der Waals surface area contributed by atoms with Crippen LogP contribution >= 0.6 is 11.6 Å². The molecule has 2 aliphatic rings. The van der Waals surface area contributed by atoms with Crippen LogP contribution in [0.1, 0.15) is 69.9 Å². The van der Waals surface area contributed by atoms with E-state index in [0.717, 1.165) is 29.7 Å². The summed E-state index contributed by atoms with van der Waals surface area (Å²) >= 11 is 6.46. The van der Waals surface area contributed by atoms with Crippen LogP contribution < -0.4 is 4.74 Å². The van der Waals surface area contributed by atoms with Crippen LogP contribution in [0, 0.1) is 11.3 Å². The summed E-state index contributed by atoms with van der Waals surface area (Å²) in [7, 11) is 0. The van der Waals surface area contributed by atoms with Gasteiger partial charge in [-0.3, -0.25) is 0 Å². The van der Waals surface area contributed by atoms with Crippen molar-refractivity contribution < 1.29 is 4.74 Å². The van der Waals surface area contributed by atoms with Crippen molar-refractivity contribution in [2.24, 2.45) is 11.3 Å². The summed E-state index contributed by atoms with van der Waals surface area (Å²) in [6.45, 7) is 7.90. The Bertz CT molecular complexity index is 511. The van der Waals surface area contributed by atoms with Crippen molar-refractivity contribution in [3.8, 4) is 5.75 Å². The van der Waals surface area contributed by atoms with Gasteiger partial charge in [0.15, 0.2) is 0 Å². The molecule has 0 unspecified atom stereocenters. The minimum Gasteiger partial charge on any atom is -0.491 e. The minimum atomic E-state index is 0.292. The summed E-state index contributed by atoms with van der Waals surface area (Å²) in [6.07, 6.45) is 7.58. The molecule has 1 saturated carbocycles. The fourth-order valence-corrected chi connectivity index (χ4v) is 3.78. The number of rotatable bonds is 3. The summed E-state index contributed by atoms with van der Waals surface area (Å²) < 4.78 is 6.14. The van der Waals surface area contributed by atoms with Gasteiger partial charge >= 0.3 is 0 Å². The van der Waals surface area contributed by atoms with Gasteiger partial charge in [-0.25, -0.2) is 0 Å². The highest BCUT2D eigenvalue weighted by Gasteiger charge is 2.31. The van der Waals surface area contributed by atoms with Crippen LogP contribution in [-0.2, 0) is 6.42 Å². The van der Waals surface area contributed by atoms with Gasteiger partial charge in [-0.1, -0.05) is 44.9 Å². The van der Waals surface area contributed by atoms with Gasteiger partial charge in [0, 0.05) is 0 Å². The topological polar surface area (TPSA) is 9.23 Å². The van der Waals surface area contributed by atoms with Gasteiger partial charge in [0.1, 0.15) is 5.75 Å². The normalized spacial score (nSPS) is 22.6. The lowest BCUT2D eigenvalue weighted by Gasteiger charge is -2.32. The summed E-state index contributed by atoms with van der Waals surface area (Å²) in [6, 6.07) is 4.30. The van der Waals surface area contributed by atoms with Gasteiger partial charge in [-0.2, -0.15) is 0 Å². The largest absolute Gasteiger partial charge is 0.491 e. The lowest BCUT2D eigenvalue weighted by atomic mass is 9.73. The van der Waals surface area contributed by atoms with Crippen LogP contribution in [0.25, 0.3) is 0 Å². The Morgan fingerprint density at radius 3 is 2.57 bits per heavy atom. The molecule has 0 N–H and O–H groups in total.